The Labute approximate surface area is 73.4 Å². The second-order valence-corrected chi connectivity index (χ2v) is 2.33. The lowest BCUT2D eigenvalue weighted by Gasteiger charge is -2.08. The van der Waals surface area contributed by atoms with Gasteiger partial charge in [-0.05, 0) is 18.2 Å². The Kier molecular flexibility index (Phi) is 3.00. The quantitative estimate of drug-likeness (QED) is 0.721. The van der Waals surface area contributed by atoms with Gasteiger partial charge in [-0.25, -0.2) is 0 Å². The van der Waals surface area contributed by atoms with Crippen molar-refractivity contribution in [3.8, 4) is 0 Å². The van der Waals surface area contributed by atoms with Gasteiger partial charge >= 0.3 is 6.18 Å². The summed E-state index contributed by atoms with van der Waals surface area (Å²) in [6, 6.07) is 0. The lowest BCUT2D eigenvalue weighted by Crippen LogP contribution is -2.16. The molecule has 0 aromatic carbocycles. The average molecular weight is 191 g/mol. The molecule has 0 saturated carbocycles. The fourth-order valence-electron chi connectivity index (χ4n) is 0.701. The van der Waals surface area contributed by atoms with Crippen LogP contribution in [-0.2, 0) is 4.74 Å². The van der Waals surface area contributed by atoms with Crippen molar-refractivity contribution in [2.45, 2.75) is 6.18 Å². The van der Waals surface area contributed by atoms with Gasteiger partial charge in [0.25, 0.3) is 0 Å². The van der Waals surface area contributed by atoms with E-state index in [0.29, 0.717) is 0 Å². The van der Waals surface area contributed by atoms with Gasteiger partial charge in [0.15, 0.2) is 6.61 Å². The number of nitrogens with one attached hydrogen (secondary N) is 1. The summed E-state index contributed by atoms with van der Waals surface area (Å²) in [4.78, 5) is 0. The predicted octanol–water partition coefficient (Wildman–Crippen LogP) is 2.08. The van der Waals surface area contributed by atoms with E-state index in [9.17, 15) is 13.2 Å². The van der Waals surface area contributed by atoms with E-state index < -0.39 is 12.8 Å². The Balaban J connectivity index is 2.45. The number of rotatable bonds is 2. The normalized spacial score (nSPS) is 16.1. The van der Waals surface area contributed by atoms with Crippen molar-refractivity contribution in [1.29, 1.82) is 0 Å². The van der Waals surface area contributed by atoms with Crippen LogP contribution in [0.5, 0.6) is 0 Å². The Hall–Kier alpha value is -1.39. The first kappa shape index (κ1) is 9.70. The van der Waals surface area contributed by atoms with Gasteiger partial charge in [0, 0.05) is 12.4 Å². The summed E-state index contributed by atoms with van der Waals surface area (Å²) in [6.07, 6.45) is 3.21. The highest BCUT2D eigenvalue weighted by molar-refractivity contribution is 5.21. The van der Waals surface area contributed by atoms with Crippen LogP contribution in [0.1, 0.15) is 0 Å². The molecule has 0 amide bonds. The Morgan fingerprint density at radius 1 is 1.31 bits per heavy atom. The van der Waals surface area contributed by atoms with Crippen LogP contribution >= 0.6 is 0 Å². The van der Waals surface area contributed by atoms with Crippen LogP contribution in [0.2, 0.25) is 0 Å². The molecule has 0 atom stereocenters. The first-order valence-electron chi connectivity index (χ1n) is 3.57. The molecule has 0 fully saturated rings. The summed E-state index contributed by atoms with van der Waals surface area (Å²) >= 11 is 0. The number of allylic oxidation sites excluding steroid dienone is 3. The molecule has 1 rings (SSSR count). The molecule has 2 nitrogen and oxygen atoms in total. The molecule has 0 unspecified atom stereocenters. The molecule has 0 aromatic heterocycles. The van der Waals surface area contributed by atoms with Gasteiger partial charge in [0.2, 0.25) is 0 Å². The van der Waals surface area contributed by atoms with E-state index >= 15 is 0 Å². The lowest BCUT2D eigenvalue weighted by molar-refractivity contribution is -0.163. The van der Waals surface area contributed by atoms with Gasteiger partial charge in [0.05, 0.1) is 0 Å². The minimum absolute atomic E-state index is 0.179. The van der Waals surface area contributed by atoms with Crippen LogP contribution in [0, 0.1) is 0 Å². The van der Waals surface area contributed by atoms with E-state index in [1.165, 1.54) is 18.4 Å². The molecule has 0 bridgehead atoms. The highest BCUT2D eigenvalue weighted by Gasteiger charge is 2.28. The maximum absolute atomic E-state index is 11.7. The van der Waals surface area contributed by atoms with E-state index in [1.54, 1.807) is 12.3 Å². The van der Waals surface area contributed by atoms with E-state index in [1.807, 2.05) is 0 Å². The molecule has 1 aliphatic rings. The lowest BCUT2D eigenvalue weighted by atomic mass is 10.4. The standard InChI is InChI=1S/C8H8F3NO/c9-8(10,11)6-13-7-2-1-4-12-5-3-7/h1-5,12H,6H2. The summed E-state index contributed by atoms with van der Waals surface area (Å²) in [6.45, 7) is -1.27. The van der Waals surface area contributed by atoms with Crippen molar-refractivity contribution in [2.24, 2.45) is 0 Å². The number of alkyl halides is 3. The number of hydrogen-bond acceptors (Lipinski definition) is 2. The monoisotopic (exact) mass is 191 g/mol. The van der Waals surface area contributed by atoms with Crippen molar-refractivity contribution in [1.82, 2.24) is 5.32 Å². The Bertz CT molecular complexity index is 253. The third-order valence-electron chi connectivity index (χ3n) is 1.20. The molecule has 0 aromatic rings. The zero-order valence-electron chi connectivity index (χ0n) is 6.64. The second-order valence-electron chi connectivity index (χ2n) is 2.33. The van der Waals surface area contributed by atoms with Crippen LogP contribution in [0.4, 0.5) is 13.2 Å². The molecular weight excluding hydrogens is 183 g/mol. The van der Waals surface area contributed by atoms with E-state index in [2.05, 4.69) is 10.1 Å². The summed E-state index contributed by atoms with van der Waals surface area (Å²) in [5, 5.41) is 2.70. The molecule has 72 valence electrons. The maximum Gasteiger partial charge on any atom is 0.422 e. The second kappa shape index (κ2) is 4.02. The molecule has 0 radical (unpaired) electrons. The van der Waals surface area contributed by atoms with Crippen molar-refractivity contribution in [3.05, 3.63) is 36.4 Å². The number of ether oxygens (including phenoxy) is 1. The Morgan fingerprint density at radius 3 is 2.77 bits per heavy atom. The minimum Gasteiger partial charge on any atom is -0.484 e. The van der Waals surface area contributed by atoms with Gasteiger partial charge in [-0.1, -0.05) is 0 Å². The van der Waals surface area contributed by atoms with E-state index in [-0.39, 0.29) is 5.76 Å². The molecule has 5 heteroatoms. The fraction of sp³-hybridized carbons (Fsp3) is 0.250. The zero-order valence-corrected chi connectivity index (χ0v) is 6.64. The smallest absolute Gasteiger partial charge is 0.422 e. The topological polar surface area (TPSA) is 21.3 Å². The van der Waals surface area contributed by atoms with Crippen LogP contribution < -0.4 is 5.32 Å². The van der Waals surface area contributed by atoms with Crippen molar-refractivity contribution < 1.29 is 17.9 Å². The van der Waals surface area contributed by atoms with Gasteiger partial charge in [-0.15, -0.1) is 0 Å². The summed E-state index contributed by atoms with van der Waals surface area (Å²) in [5.74, 6) is 0.179. The highest BCUT2D eigenvalue weighted by Crippen LogP contribution is 2.17. The maximum atomic E-state index is 11.7. The SMILES string of the molecule is FC(F)(F)COC1=CC=CNC=C1. The molecule has 13 heavy (non-hydrogen) atoms. The molecule has 1 aliphatic heterocycles. The van der Waals surface area contributed by atoms with Gasteiger partial charge in [0.1, 0.15) is 5.76 Å². The van der Waals surface area contributed by atoms with Crippen LogP contribution in [0.3, 0.4) is 0 Å². The van der Waals surface area contributed by atoms with Crippen molar-refractivity contribution >= 4 is 0 Å². The predicted molar refractivity (Wildman–Crippen MR) is 41.5 cm³/mol. The Morgan fingerprint density at radius 2 is 2.08 bits per heavy atom. The van der Waals surface area contributed by atoms with Crippen molar-refractivity contribution in [3.63, 3.8) is 0 Å². The largest absolute Gasteiger partial charge is 0.484 e. The zero-order chi connectivity index (χ0) is 9.73. The van der Waals surface area contributed by atoms with Gasteiger partial charge in [-0.3, -0.25) is 0 Å². The van der Waals surface area contributed by atoms with Crippen LogP contribution in [-0.4, -0.2) is 12.8 Å². The average Bonchev–Trinajstić information content (AvgIpc) is 2.26. The number of hydrogen-bond donors (Lipinski definition) is 1. The highest BCUT2D eigenvalue weighted by atomic mass is 19.4. The van der Waals surface area contributed by atoms with E-state index in [0.717, 1.165) is 0 Å². The molecule has 1 N–H and O–H groups in total. The van der Waals surface area contributed by atoms with Gasteiger partial charge in [-0.2, -0.15) is 13.2 Å². The third-order valence-corrected chi connectivity index (χ3v) is 1.20. The van der Waals surface area contributed by atoms with E-state index in [4.69, 9.17) is 0 Å². The van der Waals surface area contributed by atoms with Crippen LogP contribution in [0.15, 0.2) is 36.4 Å². The summed E-state index contributed by atoms with van der Waals surface area (Å²) < 4.78 is 39.6. The van der Waals surface area contributed by atoms with Crippen molar-refractivity contribution in [2.75, 3.05) is 6.61 Å². The summed E-state index contributed by atoms with van der Waals surface area (Å²) in [7, 11) is 0. The first-order valence-corrected chi connectivity index (χ1v) is 3.57. The molecule has 1 heterocycles. The van der Waals surface area contributed by atoms with Gasteiger partial charge < -0.3 is 10.1 Å². The fourth-order valence-corrected chi connectivity index (χ4v) is 0.701. The first-order chi connectivity index (χ1) is 6.08. The third kappa shape index (κ3) is 4.25. The molecule has 0 saturated heterocycles. The summed E-state index contributed by atoms with van der Waals surface area (Å²) in [5.41, 5.74) is 0. The number of halogens is 3. The molecule has 0 aliphatic carbocycles. The molecular formula is C8H8F3NO. The van der Waals surface area contributed by atoms with Crippen LogP contribution in [0.25, 0.3) is 0 Å². The minimum atomic E-state index is -4.29. The molecule has 0 spiro atoms.